The van der Waals surface area contributed by atoms with E-state index >= 15 is 0 Å². The molecule has 62 heavy (non-hydrogen) atoms. The summed E-state index contributed by atoms with van der Waals surface area (Å²) in [6, 6.07) is 22.4. The Bertz CT molecular complexity index is 2260. The van der Waals surface area contributed by atoms with Crippen LogP contribution < -0.4 is 10.5 Å². The number of rotatable bonds is 19. The third-order valence-corrected chi connectivity index (χ3v) is 14.1. The number of carbonyl (C=O) groups is 1. The number of carboxylic acids is 1. The molecule has 340 valence electrons. The minimum atomic E-state index is -5.30. The molecule has 0 radical (unpaired) electrons. The quantitative estimate of drug-likeness (QED) is 0.0313. The van der Waals surface area contributed by atoms with E-state index < -0.39 is 38.1 Å². The van der Waals surface area contributed by atoms with Crippen LogP contribution in [0.2, 0.25) is 5.15 Å². The number of benzene rings is 3. The zero-order valence-electron chi connectivity index (χ0n) is 35.5. The van der Waals surface area contributed by atoms with Crippen LogP contribution in [0.4, 0.5) is 0 Å². The fraction of sp³-hybridized carbons (Fsp3) is 0.439. The number of hydrogen-bond acceptors (Lipinski definition) is 11. The molecule has 5 aromatic rings. The summed E-state index contributed by atoms with van der Waals surface area (Å²) in [5.41, 5.74) is 11.4. The van der Waals surface area contributed by atoms with Gasteiger partial charge < -0.3 is 49.9 Å². The van der Waals surface area contributed by atoms with Gasteiger partial charge in [0.2, 0.25) is 5.82 Å². The van der Waals surface area contributed by atoms with Crippen LogP contribution >= 0.6 is 26.8 Å². The van der Waals surface area contributed by atoms with Crippen molar-refractivity contribution in [1.29, 1.82) is 0 Å². The highest BCUT2D eigenvalue weighted by molar-refractivity contribution is 7.72. The minimum Gasteiger partial charge on any atom is -0.493 e. The average molecular weight is 922 g/mol. The summed E-state index contributed by atoms with van der Waals surface area (Å²) in [6.07, 6.45) is 3.45. The lowest BCUT2D eigenvalue weighted by Gasteiger charge is -2.28. The van der Waals surface area contributed by atoms with Gasteiger partial charge in [-0.3, -0.25) is 13.9 Å². The first-order valence-electron chi connectivity index (χ1n) is 19.8. The maximum Gasteiger partial charge on any atom is 0.369 e. The maximum absolute atomic E-state index is 10.9. The fourth-order valence-corrected chi connectivity index (χ4v) is 8.53. The molecule has 21 heteroatoms. The van der Waals surface area contributed by atoms with Crippen LogP contribution in [0.15, 0.2) is 66.7 Å². The number of aromatic amines is 1. The Hall–Kier alpha value is -4.32. The van der Waals surface area contributed by atoms with E-state index in [4.69, 9.17) is 46.8 Å². The van der Waals surface area contributed by atoms with Crippen LogP contribution in [0, 0.1) is 19.3 Å². The number of nitrogens with one attached hydrogen (secondary N) is 1. The normalized spacial score (nSPS) is 12.0. The molecule has 0 unspecified atom stereocenters. The summed E-state index contributed by atoms with van der Waals surface area (Å²) >= 11 is 6.26. The van der Waals surface area contributed by atoms with Crippen molar-refractivity contribution < 1.29 is 53.6 Å². The Morgan fingerprint density at radius 3 is 2.13 bits per heavy atom. The molecule has 2 heterocycles. The number of tetrazole rings is 1. The second kappa shape index (κ2) is 23.4. The minimum absolute atomic E-state index is 0.0394. The van der Waals surface area contributed by atoms with Crippen molar-refractivity contribution >= 4 is 32.8 Å². The number of ether oxygens (including phenoxy) is 1. The first kappa shape index (κ1) is 52.0. The molecule has 5 rings (SSSR count). The van der Waals surface area contributed by atoms with E-state index in [1.165, 1.54) is 5.56 Å². The molecule has 18 nitrogen and oxygen atoms in total. The number of H-pyrrole nitrogens is 1. The standard InChI is InChI=1S/C22H23ClN6O.C15H22O3.C4H13NO7P2/c1-2-3-8-20-24-21(23)19(14-30)29(20)13-15-9-11-16(12-10-15)17-6-4-5-7-18(17)22-25-27-28-26-22;1-11-6-7-12(2)13(10-11)18-9-5-8-15(3,4)14(16)17;5-3-1-2-4(6,13(7,8)9)14(10,11)12/h4-7,9-12,30H,2-3,8,13-14H2,1H3,(H,25,26,27,28);6-7,10H,5,8-9H2,1-4H3,(H,16,17);6H,1-3,5H2,(H2,7,8,9)(H2,10,11,12). The van der Waals surface area contributed by atoms with Crippen LogP contribution in [0.3, 0.4) is 0 Å². The Morgan fingerprint density at radius 1 is 0.935 bits per heavy atom. The summed E-state index contributed by atoms with van der Waals surface area (Å²) in [4.78, 5) is 49.9. The number of aliphatic hydroxyl groups excluding tert-OH is 1. The summed E-state index contributed by atoms with van der Waals surface area (Å²) in [5, 5.41) is 39.4. The summed E-state index contributed by atoms with van der Waals surface area (Å²) in [6.45, 7) is 10.7. The number of nitrogens with zero attached hydrogens (tertiary/aromatic N) is 5. The number of aromatic nitrogens is 6. The number of aliphatic hydroxyl groups is 2. The van der Waals surface area contributed by atoms with Gasteiger partial charge in [-0.25, -0.2) is 4.98 Å². The molecule has 0 aliphatic rings. The Morgan fingerprint density at radius 2 is 1.58 bits per heavy atom. The lowest BCUT2D eigenvalue weighted by molar-refractivity contribution is -0.147. The second-order valence-electron chi connectivity index (χ2n) is 15.3. The van der Waals surface area contributed by atoms with Gasteiger partial charge in [0, 0.05) is 24.9 Å². The summed E-state index contributed by atoms with van der Waals surface area (Å²) < 4.78 is 29.2. The Balaban J connectivity index is 0.000000274. The first-order chi connectivity index (χ1) is 29.1. The molecule has 0 amide bonds. The van der Waals surface area contributed by atoms with Crippen LogP contribution in [-0.2, 0) is 33.5 Å². The fourth-order valence-electron chi connectivity index (χ4n) is 6.01. The molecule has 0 aliphatic heterocycles. The maximum atomic E-state index is 10.9. The number of imidazole rings is 1. The van der Waals surface area contributed by atoms with E-state index in [2.05, 4.69) is 62.9 Å². The lowest BCUT2D eigenvalue weighted by Crippen LogP contribution is -2.29. The monoisotopic (exact) mass is 921 g/mol. The molecule has 0 bridgehead atoms. The SMILES string of the molecule is CCCCc1nc(Cl)c(CO)n1Cc1ccc(-c2ccccc2-c2nn[nH]n2)cc1.Cc1ccc(C)c(OCCCC(C)(C)C(=O)O)c1.NCCCC(O)(P(=O)(O)O)P(=O)(O)O. The highest BCUT2D eigenvalue weighted by atomic mass is 35.5. The van der Waals surface area contributed by atoms with Crippen molar-refractivity contribution in [2.24, 2.45) is 11.1 Å². The van der Waals surface area contributed by atoms with Crippen molar-refractivity contribution in [1.82, 2.24) is 30.2 Å². The van der Waals surface area contributed by atoms with E-state index in [0.717, 1.165) is 65.1 Å². The summed E-state index contributed by atoms with van der Waals surface area (Å²) in [5.74, 6) is 1.62. The molecule has 0 spiro atoms. The lowest BCUT2D eigenvalue weighted by atomic mass is 9.88. The smallest absolute Gasteiger partial charge is 0.369 e. The van der Waals surface area contributed by atoms with Crippen molar-refractivity contribution in [3.05, 3.63) is 100 Å². The zero-order chi connectivity index (χ0) is 46.3. The molecular formula is C41H58ClN7O11P2. The Labute approximate surface area is 365 Å². The molecule has 3 aromatic carbocycles. The van der Waals surface area contributed by atoms with Gasteiger partial charge in [-0.15, -0.1) is 10.2 Å². The number of hydrogen-bond donors (Lipinski definition) is 9. The largest absolute Gasteiger partial charge is 0.493 e. The number of aliphatic carboxylic acids is 1. The van der Waals surface area contributed by atoms with Gasteiger partial charge in [0.05, 0.1) is 24.3 Å². The van der Waals surface area contributed by atoms with E-state index in [1.807, 2.05) is 54.8 Å². The van der Waals surface area contributed by atoms with Crippen LogP contribution in [0.5, 0.6) is 5.75 Å². The molecule has 2 aromatic heterocycles. The molecule has 0 saturated heterocycles. The van der Waals surface area contributed by atoms with Crippen LogP contribution in [0.1, 0.15) is 87.5 Å². The van der Waals surface area contributed by atoms with Gasteiger partial charge >= 0.3 is 21.2 Å². The molecule has 0 saturated carbocycles. The van der Waals surface area contributed by atoms with Gasteiger partial charge in [-0.1, -0.05) is 85.6 Å². The van der Waals surface area contributed by atoms with Gasteiger partial charge in [0.25, 0.3) is 5.08 Å². The van der Waals surface area contributed by atoms with Crippen LogP contribution in [-0.4, -0.2) is 89.3 Å². The number of carboxylic acid groups (broad SMARTS) is 1. The van der Waals surface area contributed by atoms with Gasteiger partial charge in [0.1, 0.15) is 11.6 Å². The van der Waals surface area contributed by atoms with E-state index in [9.17, 15) is 24.1 Å². The molecule has 0 fully saturated rings. The molecule has 10 N–H and O–H groups in total. The number of halogens is 1. The highest BCUT2D eigenvalue weighted by Crippen LogP contribution is 2.69. The first-order valence-corrected chi connectivity index (χ1v) is 23.4. The number of aryl methyl sites for hydroxylation is 3. The zero-order valence-corrected chi connectivity index (χ0v) is 38.0. The Kier molecular flexibility index (Phi) is 19.6. The van der Waals surface area contributed by atoms with E-state index in [-0.39, 0.29) is 19.6 Å². The number of unbranched alkanes of at least 4 members (excludes halogenated alkanes) is 1. The average Bonchev–Trinajstić information content (AvgIpc) is 3.86. The van der Waals surface area contributed by atoms with E-state index in [0.29, 0.717) is 36.2 Å². The van der Waals surface area contributed by atoms with E-state index in [1.54, 1.807) is 13.8 Å². The number of nitrogens with two attached hydrogens (primary N) is 1. The third kappa shape index (κ3) is 14.4. The van der Waals surface area contributed by atoms with Crippen LogP contribution in [0.25, 0.3) is 22.5 Å². The second-order valence-corrected chi connectivity index (χ2v) is 19.6. The topological polar surface area (TPSA) is 300 Å². The van der Waals surface area contributed by atoms with Gasteiger partial charge in [-0.05, 0) is 99.0 Å². The van der Waals surface area contributed by atoms with Crippen molar-refractivity contribution in [3.8, 4) is 28.3 Å². The van der Waals surface area contributed by atoms with Crippen molar-refractivity contribution in [2.45, 2.75) is 97.8 Å². The predicted molar refractivity (Wildman–Crippen MR) is 235 cm³/mol. The molecule has 0 aliphatic carbocycles. The third-order valence-electron chi connectivity index (χ3n) is 9.90. The highest BCUT2D eigenvalue weighted by Gasteiger charge is 2.58. The molecule has 0 atom stereocenters. The summed E-state index contributed by atoms with van der Waals surface area (Å²) in [7, 11) is -10.6. The molecular weight excluding hydrogens is 864 g/mol. The van der Waals surface area contributed by atoms with Crippen molar-refractivity contribution in [3.63, 3.8) is 0 Å². The van der Waals surface area contributed by atoms with Gasteiger partial charge in [-0.2, -0.15) is 5.21 Å². The predicted octanol–water partition coefficient (Wildman–Crippen LogP) is 6.57. The van der Waals surface area contributed by atoms with Gasteiger partial charge in [0.15, 0.2) is 5.15 Å². The van der Waals surface area contributed by atoms with Crippen molar-refractivity contribution in [2.75, 3.05) is 13.2 Å².